The maximum Gasteiger partial charge on any atom is 0.187 e. The number of benzene rings is 1. The molecule has 138 valence electrons. The zero-order chi connectivity index (χ0) is 18.5. The van der Waals surface area contributed by atoms with Gasteiger partial charge in [0.15, 0.2) is 5.11 Å². The molecule has 3 rings (SSSR count). The zero-order valence-corrected chi connectivity index (χ0v) is 16.4. The maximum absolute atomic E-state index is 6.48. The lowest BCUT2D eigenvalue weighted by Gasteiger charge is -2.11. The minimum atomic E-state index is 0.225. The second-order valence-corrected chi connectivity index (χ2v) is 7.02. The third-order valence-corrected chi connectivity index (χ3v) is 4.80. The lowest BCUT2D eigenvalue weighted by Crippen LogP contribution is -2.37. The molecule has 8 heteroatoms. The Labute approximate surface area is 163 Å². The molecular formula is C18H22ClN5OS. The van der Waals surface area contributed by atoms with Gasteiger partial charge in [-0.05, 0) is 51.0 Å². The Morgan fingerprint density at radius 3 is 2.88 bits per heavy atom. The van der Waals surface area contributed by atoms with Gasteiger partial charge in [0, 0.05) is 13.2 Å². The van der Waals surface area contributed by atoms with Crippen molar-refractivity contribution in [3.8, 4) is 5.69 Å². The van der Waals surface area contributed by atoms with Gasteiger partial charge in [0.1, 0.15) is 5.15 Å². The van der Waals surface area contributed by atoms with Crippen LogP contribution in [0.4, 0.5) is 0 Å². The Morgan fingerprint density at radius 1 is 1.42 bits per heavy atom. The number of ether oxygens (including phenoxy) is 1. The summed E-state index contributed by atoms with van der Waals surface area (Å²) in [6, 6.07) is 8.01. The molecule has 6 nitrogen and oxygen atoms in total. The lowest BCUT2D eigenvalue weighted by atomic mass is 10.2. The van der Waals surface area contributed by atoms with E-state index in [1.807, 2.05) is 38.1 Å². The summed E-state index contributed by atoms with van der Waals surface area (Å²) in [5, 5.41) is 12.7. The molecule has 1 aromatic heterocycles. The van der Waals surface area contributed by atoms with Gasteiger partial charge in [-0.25, -0.2) is 4.68 Å². The van der Waals surface area contributed by atoms with E-state index in [-0.39, 0.29) is 6.10 Å². The molecule has 0 radical (unpaired) electrons. The van der Waals surface area contributed by atoms with E-state index in [0.717, 1.165) is 36.4 Å². The number of hydrogen-bond donors (Lipinski definition) is 2. The molecule has 0 saturated carbocycles. The van der Waals surface area contributed by atoms with E-state index in [0.29, 0.717) is 16.8 Å². The van der Waals surface area contributed by atoms with Crippen LogP contribution in [-0.2, 0) is 4.74 Å². The first-order valence-electron chi connectivity index (χ1n) is 8.55. The van der Waals surface area contributed by atoms with Crippen LogP contribution in [-0.4, -0.2) is 40.4 Å². The van der Waals surface area contributed by atoms with Crippen LogP contribution in [0.5, 0.6) is 0 Å². The van der Waals surface area contributed by atoms with E-state index in [9.17, 15) is 0 Å². The summed E-state index contributed by atoms with van der Waals surface area (Å²) in [6.07, 6.45) is 4.03. The number of hydrazone groups is 1. The summed E-state index contributed by atoms with van der Waals surface area (Å²) in [7, 11) is 0. The van der Waals surface area contributed by atoms with Crippen molar-refractivity contribution in [1.29, 1.82) is 0 Å². The maximum atomic E-state index is 6.48. The van der Waals surface area contributed by atoms with Gasteiger partial charge in [-0.15, -0.1) is 0 Å². The first-order valence-corrected chi connectivity index (χ1v) is 9.34. The van der Waals surface area contributed by atoms with Gasteiger partial charge in [-0.3, -0.25) is 5.43 Å². The fourth-order valence-electron chi connectivity index (χ4n) is 2.72. The molecule has 2 aromatic rings. The normalized spacial score (nSPS) is 17.0. The average molecular weight is 392 g/mol. The van der Waals surface area contributed by atoms with Crippen LogP contribution in [0.1, 0.15) is 29.7 Å². The molecule has 0 bridgehead atoms. The highest BCUT2D eigenvalue weighted by Crippen LogP contribution is 2.22. The standard InChI is InChI=1S/C18H22ClN5OS/c1-12-5-7-14(8-6-12)24-17(19)16(13(2)23-24)11-21-22-18(26)20-10-15-4-3-9-25-15/h5-8,11,15H,3-4,9-10H2,1-2H3,(H2,20,22,26)/b21-11-/t15-/m1/s1. The molecule has 1 atom stereocenters. The van der Waals surface area contributed by atoms with Crippen LogP contribution in [0.25, 0.3) is 5.69 Å². The van der Waals surface area contributed by atoms with Crippen molar-refractivity contribution in [1.82, 2.24) is 20.5 Å². The van der Waals surface area contributed by atoms with Crippen LogP contribution >= 0.6 is 23.8 Å². The fourth-order valence-corrected chi connectivity index (χ4v) is 3.18. The van der Waals surface area contributed by atoms with Crippen molar-refractivity contribution in [3.63, 3.8) is 0 Å². The largest absolute Gasteiger partial charge is 0.376 e. The number of nitrogens with zero attached hydrogens (tertiary/aromatic N) is 3. The molecule has 1 saturated heterocycles. The lowest BCUT2D eigenvalue weighted by molar-refractivity contribution is 0.114. The van der Waals surface area contributed by atoms with Crippen LogP contribution in [0.3, 0.4) is 0 Å². The highest BCUT2D eigenvalue weighted by atomic mass is 35.5. The summed E-state index contributed by atoms with van der Waals surface area (Å²) in [5.41, 5.74) is 6.44. The predicted octanol–water partition coefficient (Wildman–Crippen LogP) is 3.12. The molecule has 26 heavy (non-hydrogen) atoms. The number of nitrogens with one attached hydrogen (secondary N) is 2. The summed E-state index contributed by atoms with van der Waals surface area (Å²) < 4.78 is 7.24. The second kappa shape index (κ2) is 8.62. The van der Waals surface area contributed by atoms with E-state index in [2.05, 4.69) is 20.9 Å². The molecule has 0 amide bonds. The fraction of sp³-hybridized carbons (Fsp3) is 0.389. The molecular weight excluding hydrogens is 370 g/mol. The SMILES string of the molecule is Cc1ccc(-n2nc(C)c(/C=N\NC(=S)NC[C@H]3CCCO3)c2Cl)cc1. The van der Waals surface area contributed by atoms with Crippen molar-refractivity contribution in [2.75, 3.05) is 13.2 Å². The smallest absolute Gasteiger partial charge is 0.187 e. The highest BCUT2D eigenvalue weighted by molar-refractivity contribution is 7.80. The quantitative estimate of drug-likeness (QED) is 0.466. The summed E-state index contributed by atoms with van der Waals surface area (Å²) >= 11 is 11.7. The number of thiocarbonyl (C=S) groups is 1. The van der Waals surface area contributed by atoms with Gasteiger partial charge >= 0.3 is 0 Å². The summed E-state index contributed by atoms with van der Waals surface area (Å²) in [6.45, 7) is 5.45. The Balaban J connectivity index is 1.61. The van der Waals surface area contributed by atoms with Gasteiger partial charge in [-0.2, -0.15) is 10.2 Å². The van der Waals surface area contributed by atoms with E-state index < -0.39 is 0 Å². The molecule has 1 aliphatic rings. The molecule has 2 heterocycles. The first kappa shape index (κ1) is 18.8. The van der Waals surface area contributed by atoms with Crippen molar-refractivity contribution in [2.45, 2.75) is 32.8 Å². The molecule has 2 N–H and O–H groups in total. The van der Waals surface area contributed by atoms with Crippen molar-refractivity contribution >= 4 is 35.1 Å². The zero-order valence-electron chi connectivity index (χ0n) is 14.8. The van der Waals surface area contributed by atoms with Gasteiger partial charge < -0.3 is 10.1 Å². The minimum Gasteiger partial charge on any atom is -0.376 e. The average Bonchev–Trinajstić information content (AvgIpc) is 3.24. The predicted molar refractivity (Wildman–Crippen MR) is 108 cm³/mol. The monoisotopic (exact) mass is 391 g/mol. The van der Waals surface area contributed by atoms with Crippen LogP contribution < -0.4 is 10.7 Å². The third kappa shape index (κ3) is 4.60. The van der Waals surface area contributed by atoms with Crippen molar-refractivity contribution < 1.29 is 4.74 Å². The molecule has 0 aliphatic carbocycles. The van der Waals surface area contributed by atoms with Crippen LogP contribution in [0, 0.1) is 13.8 Å². The highest BCUT2D eigenvalue weighted by Gasteiger charge is 2.15. The second-order valence-electron chi connectivity index (χ2n) is 6.25. The molecule has 0 spiro atoms. The van der Waals surface area contributed by atoms with Gasteiger partial charge in [-0.1, -0.05) is 29.3 Å². The van der Waals surface area contributed by atoms with E-state index in [1.165, 1.54) is 5.56 Å². The van der Waals surface area contributed by atoms with Gasteiger partial charge in [0.05, 0.1) is 29.3 Å². The first-order chi connectivity index (χ1) is 12.5. The van der Waals surface area contributed by atoms with Gasteiger partial charge in [0.2, 0.25) is 0 Å². The van der Waals surface area contributed by atoms with Crippen molar-refractivity contribution in [3.05, 3.63) is 46.2 Å². The summed E-state index contributed by atoms with van der Waals surface area (Å²) in [4.78, 5) is 0. The minimum absolute atomic E-state index is 0.225. The van der Waals surface area contributed by atoms with Crippen LogP contribution in [0.2, 0.25) is 5.15 Å². The Morgan fingerprint density at radius 2 is 2.19 bits per heavy atom. The van der Waals surface area contributed by atoms with Gasteiger partial charge in [0.25, 0.3) is 0 Å². The van der Waals surface area contributed by atoms with Crippen molar-refractivity contribution in [2.24, 2.45) is 5.10 Å². The number of aromatic nitrogens is 2. The van der Waals surface area contributed by atoms with Crippen LogP contribution in [0.15, 0.2) is 29.4 Å². The van der Waals surface area contributed by atoms with E-state index in [1.54, 1.807) is 10.9 Å². The Kier molecular flexibility index (Phi) is 6.24. The number of aryl methyl sites for hydroxylation is 2. The molecule has 1 aliphatic heterocycles. The number of halogens is 1. The Hall–Kier alpha value is -1.96. The summed E-state index contributed by atoms with van der Waals surface area (Å²) in [5.74, 6) is 0. The molecule has 0 unspecified atom stereocenters. The third-order valence-electron chi connectivity index (χ3n) is 4.20. The topological polar surface area (TPSA) is 63.5 Å². The number of rotatable bonds is 5. The Bertz CT molecular complexity index is 797. The van der Waals surface area contributed by atoms with E-state index >= 15 is 0 Å². The molecule has 1 aromatic carbocycles. The van der Waals surface area contributed by atoms with E-state index in [4.69, 9.17) is 28.6 Å². The number of hydrogen-bond acceptors (Lipinski definition) is 4. The molecule has 1 fully saturated rings.